The van der Waals surface area contributed by atoms with Crippen LogP contribution in [0.15, 0.2) is 0 Å². The monoisotopic (exact) mass is 231 g/mol. The highest BCUT2D eigenvalue weighted by atomic mass is 16.3. The number of rotatable bonds is 10. The molecule has 0 saturated carbocycles. The molecule has 0 heterocycles. The quantitative estimate of drug-likeness (QED) is 0.504. The lowest BCUT2D eigenvalue weighted by atomic mass is 9.92. The minimum Gasteiger partial charge on any atom is -0.396 e. The van der Waals surface area contributed by atoms with Gasteiger partial charge in [0.2, 0.25) is 0 Å². The second kappa shape index (κ2) is 8.97. The van der Waals surface area contributed by atoms with Gasteiger partial charge in [0, 0.05) is 18.0 Å². The van der Waals surface area contributed by atoms with Crippen molar-refractivity contribution < 1.29 is 10.2 Å². The second-order valence-electron chi connectivity index (χ2n) is 5.26. The van der Waals surface area contributed by atoms with Crippen LogP contribution in [0.4, 0.5) is 0 Å². The fraction of sp³-hybridized carbons (Fsp3) is 1.00. The van der Waals surface area contributed by atoms with Crippen LogP contribution in [-0.2, 0) is 0 Å². The predicted molar refractivity (Wildman–Crippen MR) is 68.5 cm³/mol. The van der Waals surface area contributed by atoms with Crippen molar-refractivity contribution in [2.75, 3.05) is 19.8 Å². The maximum atomic E-state index is 9.14. The lowest BCUT2D eigenvalue weighted by Gasteiger charge is -2.27. The van der Waals surface area contributed by atoms with E-state index in [4.69, 9.17) is 10.2 Å². The third-order valence-corrected chi connectivity index (χ3v) is 3.13. The first kappa shape index (κ1) is 15.9. The van der Waals surface area contributed by atoms with E-state index >= 15 is 0 Å². The van der Waals surface area contributed by atoms with Crippen LogP contribution in [0.25, 0.3) is 0 Å². The van der Waals surface area contributed by atoms with Crippen molar-refractivity contribution in [3.63, 3.8) is 0 Å². The molecule has 0 rings (SSSR count). The zero-order chi connectivity index (χ0) is 12.4. The van der Waals surface area contributed by atoms with Crippen molar-refractivity contribution in [1.29, 1.82) is 0 Å². The SMILES string of the molecule is CCCCCCC(C)NCC(C)(CO)CO. The number of aliphatic hydroxyl groups is 2. The Morgan fingerprint density at radius 3 is 2.25 bits per heavy atom. The highest BCUT2D eigenvalue weighted by molar-refractivity contribution is 4.76. The van der Waals surface area contributed by atoms with Crippen LogP contribution in [0.3, 0.4) is 0 Å². The van der Waals surface area contributed by atoms with Crippen molar-refractivity contribution in [3.8, 4) is 0 Å². The van der Waals surface area contributed by atoms with E-state index in [0.717, 1.165) is 0 Å². The third-order valence-electron chi connectivity index (χ3n) is 3.13. The zero-order valence-corrected chi connectivity index (χ0v) is 11.1. The molecule has 3 heteroatoms. The molecule has 0 bridgehead atoms. The maximum absolute atomic E-state index is 9.14. The molecule has 0 aromatic rings. The summed E-state index contributed by atoms with van der Waals surface area (Å²) >= 11 is 0. The fourth-order valence-electron chi connectivity index (χ4n) is 1.56. The molecule has 0 aromatic carbocycles. The van der Waals surface area contributed by atoms with Crippen molar-refractivity contribution >= 4 is 0 Å². The molecule has 0 saturated heterocycles. The van der Waals surface area contributed by atoms with Gasteiger partial charge in [-0.3, -0.25) is 0 Å². The van der Waals surface area contributed by atoms with Crippen LogP contribution in [0, 0.1) is 5.41 Å². The standard InChI is InChI=1S/C13H29NO2/c1-4-5-6-7-8-12(2)14-9-13(3,10-15)11-16/h12,14-16H,4-11H2,1-3H3. The predicted octanol–water partition coefficient (Wildman–Crippen LogP) is 1.93. The topological polar surface area (TPSA) is 52.5 Å². The molecule has 0 radical (unpaired) electrons. The molecular weight excluding hydrogens is 202 g/mol. The summed E-state index contributed by atoms with van der Waals surface area (Å²) in [6.45, 7) is 7.01. The van der Waals surface area contributed by atoms with Gasteiger partial charge in [-0.1, -0.05) is 39.5 Å². The van der Waals surface area contributed by atoms with Crippen molar-refractivity contribution in [3.05, 3.63) is 0 Å². The first-order valence-corrected chi connectivity index (χ1v) is 6.53. The first-order chi connectivity index (χ1) is 7.58. The van der Waals surface area contributed by atoms with E-state index in [1.165, 1.54) is 32.1 Å². The maximum Gasteiger partial charge on any atom is 0.0518 e. The summed E-state index contributed by atoms with van der Waals surface area (Å²) in [5, 5.41) is 21.7. The zero-order valence-electron chi connectivity index (χ0n) is 11.1. The molecule has 3 N–H and O–H groups in total. The summed E-state index contributed by atoms with van der Waals surface area (Å²) in [5.74, 6) is 0. The average molecular weight is 231 g/mol. The van der Waals surface area contributed by atoms with Gasteiger partial charge in [0.25, 0.3) is 0 Å². The average Bonchev–Trinajstić information content (AvgIpc) is 2.31. The Morgan fingerprint density at radius 2 is 1.75 bits per heavy atom. The van der Waals surface area contributed by atoms with Crippen LogP contribution >= 0.6 is 0 Å². The van der Waals surface area contributed by atoms with Gasteiger partial charge in [-0.25, -0.2) is 0 Å². The minimum absolute atomic E-state index is 0.0268. The molecule has 0 spiro atoms. The van der Waals surface area contributed by atoms with Gasteiger partial charge in [-0.2, -0.15) is 0 Å². The van der Waals surface area contributed by atoms with Crippen LogP contribution in [0.2, 0.25) is 0 Å². The van der Waals surface area contributed by atoms with E-state index in [9.17, 15) is 0 Å². The number of hydrogen-bond acceptors (Lipinski definition) is 3. The summed E-state index contributed by atoms with van der Waals surface area (Å²) in [5.41, 5.74) is -0.391. The molecule has 98 valence electrons. The van der Waals surface area contributed by atoms with Crippen LogP contribution in [-0.4, -0.2) is 36.0 Å². The smallest absolute Gasteiger partial charge is 0.0518 e. The molecule has 0 aliphatic heterocycles. The number of hydrogen-bond donors (Lipinski definition) is 3. The Kier molecular flexibility index (Phi) is 8.90. The summed E-state index contributed by atoms with van der Waals surface area (Å²) in [7, 11) is 0. The number of unbranched alkanes of at least 4 members (excludes halogenated alkanes) is 3. The summed E-state index contributed by atoms with van der Waals surface area (Å²) in [4.78, 5) is 0. The molecule has 1 atom stereocenters. The Bertz CT molecular complexity index is 158. The molecule has 0 aromatic heterocycles. The third kappa shape index (κ3) is 7.20. The number of nitrogens with one attached hydrogen (secondary N) is 1. The molecule has 0 aliphatic rings. The molecule has 0 amide bonds. The molecular formula is C13H29NO2. The van der Waals surface area contributed by atoms with Gasteiger partial charge in [0.15, 0.2) is 0 Å². The van der Waals surface area contributed by atoms with E-state index in [1.54, 1.807) is 0 Å². The van der Waals surface area contributed by atoms with Gasteiger partial charge in [0.05, 0.1) is 13.2 Å². The minimum atomic E-state index is -0.391. The summed E-state index contributed by atoms with van der Waals surface area (Å²) in [6.07, 6.45) is 6.33. The second-order valence-corrected chi connectivity index (χ2v) is 5.26. The van der Waals surface area contributed by atoms with E-state index in [-0.39, 0.29) is 13.2 Å². The van der Waals surface area contributed by atoms with Gasteiger partial charge < -0.3 is 15.5 Å². The number of aliphatic hydroxyl groups excluding tert-OH is 2. The lowest BCUT2D eigenvalue weighted by Crippen LogP contribution is -2.41. The van der Waals surface area contributed by atoms with Crippen molar-refractivity contribution in [2.45, 2.75) is 58.9 Å². The van der Waals surface area contributed by atoms with Crippen LogP contribution < -0.4 is 5.32 Å². The lowest BCUT2D eigenvalue weighted by molar-refractivity contribution is 0.0674. The Hall–Kier alpha value is -0.120. The Labute approximate surface area is 100 Å². The Morgan fingerprint density at radius 1 is 1.12 bits per heavy atom. The van der Waals surface area contributed by atoms with E-state index in [0.29, 0.717) is 12.6 Å². The molecule has 3 nitrogen and oxygen atoms in total. The van der Waals surface area contributed by atoms with Gasteiger partial charge in [-0.15, -0.1) is 0 Å². The largest absolute Gasteiger partial charge is 0.396 e. The highest BCUT2D eigenvalue weighted by Crippen LogP contribution is 2.13. The fourth-order valence-corrected chi connectivity index (χ4v) is 1.56. The molecule has 0 aliphatic carbocycles. The molecule has 16 heavy (non-hydrogen) atoms. The van der Waals surface area contributed by atoms with Gasteiger partial charge in [0.1, 0.15) is 0 Å². The molecule has 0 fully saturated rings. The van der Waals surface area contributed by atoms with Crippen LogP contribution in [0.1, 0.15) is 52.9 Å². The van der Waals surface area contributed by atoms with E-state index in [1.807, 2.05) is 6.92 Å². The summed E-state index contributed by atoms with van der Waals surface area (Å²) in [6, 6.07) is 0.467. The van der Waals surface area contributed by atoms with E-state index < -0.39 is 5.41 Å². The Balaban J connectivity index is 3.59. The summed E-state index contributed by atoms with van der Waals surface area (Å²) < 4.78 is 0. The van der Waals surface area contributed by atoms with E-state index in [2.05, 4.69) is 19.2 Å². The van der Waals surface area contributed by atoms with Gasteiger partial charge in [-0.05, 0) is 13.3 Å². The van der Waals surface area contributed by atoms with Crippen molar-refractivity contribution in [1.82, 2.24) is 5.32 Å². The first-order valence-electron chi connectivity index (χ1n) is 6.53. The molecule has 1 unspecified atom stereocenters. The normalized spacial score (nSPS) is 14.1. The highest BCUT2D eigenvalue weighted by Gasteiger charge is 2.22. The van der Waals surface area contributed by atoms with Crippen molar-refractivity contribution in [2.24, 2.45) is 5.41 Å². The van der Waals surface area contributed by atoms with Crippen LogP contribution in [0.5, 0.6) is 0 Å². The van der Waals surface area contributed by atoms with Gasteiger partial charge >= 0.3 is 0 Å².